The third kappa shape index (κ3) is 3.94. The van der Waals surface area contributed by atoms with Gasteiger partial charge in [-0.2, -0.15) is 0 Å². The molecule has 4 aromatic rings. The van der Waals surface area contributed by atoms with E-state index in [1.54, 1.807) is 29.7 Å². The van der Waals surface area contributed by atoms with Gasteiger partial charge >= 0.3 is 0 Å². The maximum Gasteiger partial charge on any atom is 0.267 e. The molecule has 31 heavy (non-hydrogen) atoms. The monoisotopic (exact) mass is 416 g/mol. The molecule has 1 aromatic carbocycles. The lowest BCUT2D eigenvalue weighted by molar-refractivity contribution is -0.137. The molecular formula is C22H20N6O3. The van der Waals surface area contributed by atoms with E-state index in [0.717, 1.165) is 30.2 Å². The lowest BCUT2D eigenvalue weighted by Gasteiger charge is -2.33. The number of nitrogens with zero attached hydrogens (tertiary/aromatic N) is 6. The highest BCUT2D eigenvalue weighted by Gasteiger charge is 2.32. The molecule has 0 bridgehead atoms. The number of para-hydroxylation sites is 1. The van der Waals surface area contributed by atoms with Gasteiger partial charge in [-0.25, -0.2) is 4.98 Å². The first-order chi connectivity index (χ1) is 15.3. The largest absolute Gasteiger partial charge is 0.481 e. The van der Waals surface area contributed by atoms with E-state index >= 15 is 0 Å². The average molecular weight is 416 g/mol. The van der Waals surface area contributed by atoms with E-state index in [4.69, 9.17) is 9.15 Å². The smallest absolute Gasteiger partial charge is 0.267 e. The zero-order chi connectivity index (χ0) is 21.0. The topological polar surface area (TPSA) is 107 Å². The molecule has 1 fully saturated rings. The predicted molar refractivity (Wildman–Crippen MR) is 111 cm³/mol. The summed E-state index contributed by atoms with van der Waals surface area (Å²) in [6.45, 7) is 0.529. The second-order valence-electron chi connectivity index (χ2n) is 7.25. The number of hydrogen-bond donors (Lipinski definition) is 0. The molecule has 0 spiro atoms. The highest BCUT2D eigenvalue weighted by atomic mass is 16.5. The fourth-order valence-electron chi connectivity index (χ4n) is 3.78. The maximum atomic E-state index is 13.0. The van der Waals surface area contributed by atoms with E-state index in [2.05, 4.69) is 25.1 Å². The van der Waals surface area contributed by atoms with Crippen molar-refractivity contribution in [1.82, 2.24) is 30.0 Å². The quantitative estimate of drug-likeness (QED) is 0.488. The van der Waals surface area contributed by atoms with Crippen LogP contribution in [0.1, 0.15) is 31.2 Å². The van der Waals surface area contributed by atoms with E-state index in [-0.39, 0.29) is 18.6 Å². The second kappa shape index (κ2) is 8.47. The van der Waals surface area contributed by atoms with Gasteiger partial charge in [0.1, 0.15) is 23.0 Å². The minimum absolute atomic E-state index is 0.0860. The fourth-order valence-corrected chi connectivity index (χ4v) is 3.78. The summed E-state index contributed by atoms with van der Waals surface area (Å²) in [5.74, 6) is 1.15. The molecule has 156 valence electrons. The fraction of sp³-hybridized carbons (Fsp3) is 0.273. The number of rotatable bonds is 5. The Morgan fingerprint density at radius 1 is 1.10 bits per heavy atom. The Hall–Kier alpha value is -3.88. The summed E-state index contributed by atoms with van der Waals surface area (Å²) in [6, 6.07) is 9.22. The molecule has 1 atom stereocenters. The van der Waals surface area contributed by atoms with Crippen molar-refractivity contribution in [2.45, 2.75) is 25.3 Å². The van der Waals surface area contributed by atoms with Crippen LogP contribution in [-0.2, 0) is 4.79 Å². The molecule has 0 unspecified atom stereocenters. The Labute approximate surface area is 178 Å². The van der Waals surface area contributed by atoms with Crippen molar-refractivity contribution in [3.8, 4) is 17.3 Å². The number of piperidine rings is 1. The van der Waals surface area contributed by atoms with E-state index in [9.17, 15) is 4.79 Å². The summed E-state index contributed by atoms with van der Waals surface area (Å²) in [5.41, 5.74) is 1.24. The molecule has 0 aliphatic carbocycles. The van der Waals surface area contributed by atoms with Crippen LogP contribution in [-0.4, -0.2) is 49.1 Å². The molecule has 1 saturated heterocycles. The average Bonchev–Trinajstić information content (AvgIpc) is 3.33. The van der Waals surface area contributed by atoms with Crippen molar-refractivity contribution >= 4 is 16.8 Å². The molecular weight excluding hydrogens is 396 g/mol. The number of amides is 1. The van der Waals surface area contributed by atoms with Gasteiger partial charge in [-0.15, -0.1) is 10.2 Å². The second-order valence-corrected chi connectivity index (χ2v) is 7.25. The van der Waals surface area contributed by atoms with Gasteiger partial charge < -0.3 is 14.1 Å². The van der Waals surface area contributed by atoms with Crippen molar-refractivity contribution in [3.05, 3.63) is 61.0 Å². The van der Waals surface area contributed by atoms with Crippen molar-refractivity contribution in [2.24, 2.45) is 0 Å². The van der Waals surface area contributed by atoms with E-state index in [1.165, 1.54) is 0 Å². The van der Waals surface area contributed by atoms with Crippen LogP contribution in [0.15, 0.2) is 59.5 Å². The summed E-state index contributed by atoms with van der Waals surface area (Å²) in [7, 11) is 0. The number of carbonyl (C=O) groups excluding carboxylic acids is 1. The van der Waals surface area contributed by atoms with Gasteiger partial charge in [-0.1, -0.05) is 18.2 Å². The summed E-state index contributed by atoms with van der Waals surface area (Å²) in [6.07, 6.45) is 9.07. The summed E-state index contributed by atoms with van der Waals surface area (Å²) in [5, 5.41) is 9.23. The van der Waals surface area contributed by atoms with Gasteiger partial charge in [0.25, 0.3) is 11.8 Å². The van der Waals surface area contributed by atoms with Gasteiger partial charge in [-0.3, -0.25) is 14.8 Å². The molecule has 0 N–H and O–H groups in total. The summed E-state index contributed by atoms with van der Waals surface area (Å²) in [4.78, 5) is 27.4. The molecule has 4 heterocycles. The highest BCUT2D eigenvalue weighted by Crippen LogP contribution is 2.32. The van der Waals surface area contributed by atoms with Gasteiger partial charge in [0.15, 0.2) is 6.61 Å². The zero-order valence-corrected chi connectivity index (χ0v) is 16.7. The third-order valence-electron chi connectivity index (χ3n) is 5.28. The SMILES string of the molecule is O=C(COc1cccc2cccnc12)N1CCCC[C@@H]1c1nnc(-c2cnccn2)o1. The number of likely N-dealkylation sites (tertiary alicyclic amines) is 1. The van der Waals surface area contributed by atoms with Crippen molar-refractivity contribution in [2.75, 3.05) is 13.2 Å². The molecule has 0 radical (unpaired) electrons. The molecule has 0 saturated carbocycles. The first-order valence-corrected chi connectivity index (χ1v) is 10.2. The number of pyridine rings is 1. The third-order valence-corrected chi connectivity index (χ3v) is 5.28. The van der Waals surface area contributed by atoms with Crippen LogP contribution in [0, 0.1) is 0 Å². The maximum absolute atomic E-state index is 13.0. The predicted octanol–water partition coefficient (Wildman–Crippen LogP) is 3.21. The van der Waals surface area contributed by atoms with Crippen molar-refractivity contribution in [1.29, 1.82) is 0 Å². The van der Waals surface area contributed by atoms with Crippen LogP contribution in [0.5, 0.6) is 5.75 Å². The highest BCUT2D eigenvalue weighted by molar-refractivity contribution is 5.85. The number of hydrogen-bond acceptors (Lipinski definition) is 8. The molecule has 3 aromatic heterocycles. The van der Waals surface area contributed by atoms with Gasteiger partial charge in [0, 0.05) is 30.5 Å². The lowest BCUT2D eigenvalue weighted by atomic mass is 10.0. The minimum atomic E-state index is -0.284. The van der Waals surface area contributed by atoms with Crippen LogP contribution in [0.2, 0.25) is 0 Å². The van der Waals surface area contributed by atoms with E-state index < -0.39 is 0 Å². The molecule has 1 aliphatic heterocycles. The normalized spacial score (nSPS) is 16.4. The van der Waals surface area contributed by atoms with Crippen molar-refractivity contribution in [3.63, 3.8) is 0 Å². The Kier molecular flexibility index (Phi) is 5.22. The van der Waals surface area contributed by atoms with E-state index in [0.29, 0.717) is 29.8 Å². The van der Waals surface area contributed by atoms with Crippen molar-refractivity contribution < 1.29 is 13.9 Å². The van der Waals surface area contributed by atoms with E-state index in [1.807, 2.05) is 30.3 Å². The number of fused-ring (bicyclic) bond motifs is 1. The molecule has 9 heteroatoms. The van der Waals surface area contributed by atoms with Crippen LogP contribution in [0.3, 0.4) is 0 Å². The zero-order valence-electron chi connectivity index (χ0n) is 16.7. The minimum Gasteiger partial charge on any atom is -0.481 e. The Bertz CT molecular complexity index is 1190. The van der Waals surface area contributed by atoms with Crippen LogP contribution >= 0.6 is 0 Å². The molecule has 9 nitrogen and oxygen atoms in total. The first kappa shape index (κ1) is 19.1. The standard InChI is InChI=1S/C22H20N6O3/c29-19(14-30-18-8-3-5-15-6-4-9-25-20(15)18)28-12-2-1-7-17(28)22-27-26-21(31-22)16-13-23-10-11-24-16/h3-6,8-11,13,17H,1-2,7,12,14H2/t17-/m1/s1. The van der Waals surface area contributed by atoms with Gasteiger partial charge in [-0.05, 0) is 31.4 Å². The van der Waals surface area contributed by atoms with Crippen LogP contribution < -0.4 is 4.74 Å². The Morgan fingerprint density at radius 3 is 2.94 bits per heavy atom. The first-order valence-electron chi connectivity index (χ1n) is 10.2. The molecule has 1 aliphatic rings. The van der Waals surface area contributed by atoms with Crippen LogP contribution in [0.25, 0.3) is 22.5 Å². The number of benzene rings is 1. The van der Waals surface area contributed by atoms with Gasteiger partial charge in [0.2, 0.25) is 5.89 Å². The number of ether oxygens (including phenoxy) is 1. The molecule has 1 amide bonds. The lowest BCUT2D eigenvalue weighted by Crippen LogP contribution is -2.41. The Morgan fingerprint density at radius 2 is 2.03 bits per heavy atom. The van der Waals surface area contributed by atoms with Crippen LogP contribution in [0.4, 0.5) is 0 Å². The number of carbonyl (C=O) groups is 1. The molecule has 5 rings (SSSR count). The number of aromatic nitrogens is 5. The van der Waals surface area contributed by atoms with Gasteiger partial charge in [0.05, 0.1) is 6.20 Å². The summed E-state index contributed by atoms with van der Waals surface area (Å²) >= 11 is 0. The Balaban J connectivity index is 1.32. The summed E-state index contributed by atoms with van der Waals surface area (Å²) < 4.78 is 11.7.